The van der Waals surface area contributed by atoms with Crippen molar-refractivity contribution in [3.05, 3.63) is 0 Å². The third kappa shape index (κ3) is 0.690. The van der Waals surface area contributed by atoms with E-state index in [2.05, 4.69) is 10.1 Å². The molecule has 3 nitrogen and oxygen atoms in total. The molecule has 1 rings (SSSR count). The summed E-state index contributed by atoms with van der Waals surface area (Å²) in [5, 5.41) is 2.89. The third-order valence-corrected chi connectivity index (χ3v) is 1.34. The largest absolute Gasteiger partial charge is 0.468 e. The van der Waals surface area contributed by atoms with Gasteiger partial charge in [0.25, 0.3) is 0 Å². The fraction of sp³-hybridized carbons (Fsp3) is 0.800. The van der Waals surface area contributed by atoms with Crippen LogP contribution in [0.25, 0.3) is 0 Å². The molecule has 0 aromatic rings. The van der Waals surface area contributed by atoms with Gasteiger partial charge in [0.05, 0.1) is 7.11 Å². The average molecular weight is 115 g/mol. The second-order valence-electron chi connectivity index (χ2n) is 2.18. The maximum Gasteiger partial charge on any atom is 0.327 e. The summed E-state index contributed by atoms with van der Waals surface area (Å²) in [5.74, 6) is -0.169. The van der Waals surface area contributed by atoms with E-state index in [1.807, 2.05) is 6.92 Å². The van der Waals surface area contributed by atoms with Crippen molar-refractivity contribution in [1.29, 1.82) is 0 Å². The lowest BCUT2D eigenvalue weighted by atomic mass is 10.2. The van der Waals surface area contributed by atoms with Crippen LogP contribution < -0.4 is 5.32 Å². The molecule has 8 heavy (non-hydrogen) atoms. The molecule has 0 bridgehead atoms. The molecule has 0 amide bonds. The van der Waals surface area contributed by atoms with E-state index in [9.17, 15) is 4.79 Å². The number of carbonyl (C=O) groups is 1. The molecule has 1 saturated heterocycles. The molecule has 46 valence electrons. The first kappa shape index (κ1) is 5.56. The monoisotopic (exact) mass is 115 g/mol. The van der Waals surface area contributed by atoms with Gasteiger partial charge in [0.2, 0.25) is 0 Å². The summed E-state index contributed by atoms with van der Waals surface area (Å²) in [6.07, 6.45) is 0. The van der Waals surface area contributed by atoms with Crippen LogP contribution in [0, 0.1) is 0 Å². The summed E-state index contributed by atoms with van der Waals surface area (Å²) in [5.41, 5.74) is -0.352. The Bertz CT molecular complexity index is 118. The predicted octanol–water partition coefficient (Wildman–Crippen LogP) is -0.479. The normalized spacial score (nSPS) is 34.2. The number of methoxy groups -OCH3 is 1. The summed E-state index contributed by atoms with van der Waals surface area (Å²) in [6, 6.07) is 0. The highest BCUT2D eigenvalue weighted by molar-refractivity contribution is 5.83. The maximum atomic E-state index is 10.6. The fourth-order valence-electron chi connectivity index (χ4n) is 0.502. The highest BCUT2D eigenvalue weighted by atomic mass is 16.5. The second kappa shape index (κ2) is 1.45. The van der Waals surface area contributed by atoms with Gasteiger partial charge in [-0.25, -0.2) is 0 Å². The molecule has 3 heteroatoms. The van der Waals surface area contributed by atoms with Gasteiger partial charge in [0.15, 0.2) is 0 Å². The standard InChI is InChI=1S/C5H9NO2/c1-5(3-6-5)4(7)8-2/h6H,3H2,1-2H3. The van der Waals surface area contributed by atoms with Crippen LogP contribution in [-0.2, 0) is 9.53 Å². The molecule has 0 aliphatic carbocycles. The van der Waals surface area contributed by atoms with E-state index in [0.29, 0.717) is 0 Å². The van der Waals surface area contributed by atoms with Crippen molar-refractivity contribution in [2.45, 2.75) is 12.5 Å². The number of nitrogens with one attached hydrogen (secondary N) is 1. The molecule has 1 heterocycles. The molecular formula is C5H9NO2. The summed E-state index contributed by atoms with van der Waals surface area (Å²) in [6.45, 7) is 2.57. The molecule has 0 aromatic heterocycles. The summed E-state index contributed by atoms with van der Waals surface area (Å²) >= 11 is 0. The average Bonchev–Trinajstić information content (AvgIpc) is 2.47. The molecule has 1 unspecified atom stereocenters. The molecule has 0 radical (unpaired) electrons. The van der Waals surface area contributed by atoms with Crippen LogP contribution in [0.2, 0.25) is 0 Å². The smallest absolute Gasteiger partial charge is 0.327 e. The van der Waals surface area contributed by atoms with Gasteiger partial charge in [0.1, 0.15) is 5.54 Å². The lowest BCUT2D eigenvalue weighted by Crippen LogP contribution is -2.24. The van der Waals surface area contributed by atoms with Crippen LogP contribution in [-0.4, -0.2) is 25.2 Å². The van der Waals surface area contributed by atoms with Crippen LogP contribution in [0.3, 0.4) is 0 Å². The minimum atomic E-state index is -0.352. The maximum absolute atomic E-state index is 10.6. The third-order valence-electron chi connectivity index (χ3n) is 1.34. The Morgan fingerprint density at radius 1 is 1.88 bits per heavy atom. The molecule has 1 aliphatic heterocycles. The lowest BCUT2D eigenvalue weighted by Gasteiger charge is -2.00. The van der Waals surface area contributed by atoms with Crippen LogP contribution in [0.1, 0.15) is 6.92 Å². The van der Waals surface area contributed by atoms with Gasteiger partial charge in [-0.15, -0.1) is 0 Å². The topological polar surface area (TPSA) is 48.2 Å². The van der Waals surface area contributed by atoms with Crippen molar-refractivity contribution in [1.82, 2.24) is 5.32 Å². The summed E-state index contributed by atoms with van der Waals surface area (Å²) in [4.78, 5) is 10.6. The minimum absolute atomic E-state index is 0.169. The molecular weight excluding hydrogens is 106 g/mol. The first-order valence-corrected chi connectivity index (χ1v) is 2.52. The lowest BCUT2D eigenvalue weighted by molar-refractivity contribution is -0.143. The zero-order valence-electron chi connectivity index (χ0n) is 5.02. The molecule has 0 saturated carbocycles. The SMILES string of the molecule is COC(=O)C1(C)CN1. The van der Waals surface area contributed by atoms with Gasteiger partial charge in [-0.3, -0.25) is 10.1 Å². The fourth-order valence-corrected chi connectivity index (χ4v) is 0.502. The van der Waals surface area contributed by atoms with E-state index in [4.69, 9.17) is 0 Å². The van der Waals surface area contributed by atoms with Crippen LogP contribution >= 0.6 is 0 Å². The number of hydrogen-bond acceptors (Lipinski definition) is 3. The van der Waals surface area contributed by atoms with E-state index in [0.717, 1.165) is 6.54 Å². The van der Waals surface area contributed by atoms with E-state index < -0.39 is 0 Å². The van der Waals surface area contributed by atoms with Gasteiger partial charge < -0.3 is 4.74 Å². The van der Waals surface area contributed by atoms with Crippen molar-refractivity contribution >= 4 is 5.97 Å². The van der Waals surface area contributed by atoms with Gasteiger partial charge >= 0.3 is 5.97 Å². The number of rotatable bonds is 1. The Kier molecular flexibility index (Phi) is 1.01. The van der Waals surface area contributed by atoms with E-state index in [1.165, 1.54) is 7.11 Å². The highest BCUT2D eigenvalue weighted by Gasteiger charge is 2.45. The number of hydrogen-bond donors (Lipinski definition) is 1. The number of carbonyl (C=O) groups excluding carboxylic acids is 1. The van der Waals surface area contributed by atoms with Gasteiger partial charge in [-0.2, -0.15) is 0 Å². The van der Waals surface area contributed by atoms with Gasteiger partial charge in [-0.05, 0) is 6.92 Å². The van der Waals surface area contributed by atoms with Crippen LogP contribution in [0.4, 0.5) is 0 Å². The molecule has 1 atom stereocenters. The number of ether oxygens (including phenoxy) is 1. The van der Waals surface area contributed by atoms with E-state index in [1.54, 1.807) is 0 Å². The Morgan fingerprint density at radius 3 is 2.50 bits per heavy atom. The number of esters is 1. The highest BCUT2D eigenvalue weighted by Crippen LogP contribution is 2.16. The van der Waals surface area contributed by atoms with Crippen LogP contribution in [0.15, 0.2) is 0 Å². The zero-order valence-corrected chi connectivity index (χ0v) is 5.02. The quantitative estimate of drug-likeness (QED) is 0.371. The zero-order chi connectivity index (χ0) is 6.20. The molecule has 0 spiro atoms. The van der Waals surface area contributed by atoms with Crippen molar-refractivity contribution < 1.29 is 9.53 Å². The molecule has 1 aliphatic rings. The van der Waals surface area contributed by atoms with Gasteiger partial charge in [-0.1, -0.05) is 0 Å². The first-order chi connectivity index (χ1) is 3.69. The summed E-state index contributed by atoms with van der Waals surface area (Å²) < 4.78 is 4.48. The molecule has 1 N–H and O–H groups in total. The van der Waals surface area contributed by atoms with Crippen LogP contribution in [0.5, 0.6) is 0 Å². The minimum Gasteiger partial charge on any atom is -0.468 e. The Hall–Kier alpha value is -0.570. The summed E-state index contributed by atoms with van der Waals surface area (Å²) in [7, 11) is 1.40. The molecule has 1 fully saturated rings. The predicted molar refractivity (Wildman–Crippen MR) is 28.4 cm³/mol. The Morgan fingerprint density at radius 2 is 2.38 bits per heavy atom. The van der Waals surface area contributed by atoms with Crippen molar-refractivity contribution in [2.75, 3.05) is 13.7 Å². The Balaban J connectivity index is 2.46. The van der Waals surface area contributed by atoms with Crippen molar-refractivity contribution in [3.63, 3.8) is 0 Å². The van der Waals surface area contributed by atoms with Gasteiger partial charge in [0, 0.05) is 6.54 Å². The van der Waals surface area contributed by atoms with Crippen molar-refractivity contribution in [2.24, 2.45) is 0 Å². The second-order valence-corrected chi connectivity index (χ2v) is 2.18. The Labute approximate surface area is 48.0 Å². The van der Waals surface area contributed by atoms with E-state index in [-0.39, 0.29) is 11.5 Å². The first-order valence-electron chi connectivity index (χ1n) is 2.52. The molecule has 0 aromatic carbocycles. The van der Waals surface area contributed by atoms with Crippen molar-refractivity contribution in [3.8, 4) is 0 Å². The van der Waals surface area contributed by atoms with E-state index >= 15 is 0 Å².